The highest BCUT2D eigenvalue weighted by Gasteiger charge is 2.11. The highest BCUT2D eigenvalue weighted by Crippen LogP contribution is 2.35. The first-order chi connectivity index (χ1) is 10.5. The fourth-order valence-electron chi connectivity index (χ4n) is 1.83. The number of ether oxygens (including phenoxy) is 2. The monoisotopic (exact) mass is 321 g/mol. The smallest absolute Gasteiger partial charge is 0.248 e. The first-order valence-electron chi connectivity index (χ1n) is 6.50. The van der Waals surface area contributed by atoms with E-state index in [1.807, 2.05) is 13.0 Å². The van der Waals surface area contributed by atoms with Crippen LogP contribution >= 0.6 is 11.6 Å². The molecule has 1 N–H and O–H groups in total. The van der Waals surface area contributed by atoms with E-state index >= 15 is 0 Å². The minimum Gasteiger partial charge on any atom is -0.495 e. The van der Waals surface area contributed by atoms with Crippen LogP contribution < -0.4 is 14.8 Å². The van der Waals surface area contributed by atoms with Crippen molar-refractivity contribution >= 4 is 29.3 Å². The number of anilines is 1. The molecule has 0 unspecified atom stereocenters. The van der Waals surface area contributed by atoms with Crippen LogP contribution in [-0.2, 0) is 4.79 Å². The average molecular weight is 322 g/mol. The first-order valence-corrected chi connectivity index (χ1v) is 6.88. The van der Waals surface area contributed by atoms with Crippen molar-refractivity contribution in [1.29, 1.82) is 0 Å². The molecule has 0 bridgehead atoms. The minimum atomic E-state index is -0.325. The van der Waals surface area contributed by atoms with Crippen LogP contribution in [0.15, 0.2) is 34.8 Å². The molecule has 22 heavy (non-hydrogen) atoms. The molecule has 0 spiro atoms. The molecule has 2 rings (SSSR count). The Hall–Kier alpha value is -2.40. The Labute approximate surface area is 133 Å². The number of benzene rings is 1. The van der Waals surface area contributed by atoms with Gasteiger partial charge in [-0.05, 0) is 31.2 Å². The summed E-state index contributed by atoms with van der Waals surface area (Å²) < 4.78 is 15.7. The molecular weight excluding hydrogens is 306 g/mol. The van der Waals surface area contributed by atoms with E-state index in [1.54, 1.807) is 24.3 Å². The van der Waals surface area contributed by atoms with E-state index in [-0.39, 0.29) is 5.91 Å². The van der Waals surface area contributed by atoms with Gasteiger partial charge in [0.1, 0.15) is 23.0 Å². The molecule has 1 amide bonds. The third-order valence-corrected chi connectivity index (χ3v) is 3.19. The maximum absolute atomic E-state index is 12.0. The van der Waals surface area contributed by atoms with Crippen molar-refractivity contribution in [2.24, 2.45) is 0 Å². The summed E-state index contributed by atoms with van der Waals surface area (Å²) in [4.78, 5) is 12.0. The highest BCUT2D eigenvalue weighted by molar-refractivity contribution is 6.32. The molecule has 0 radical (unpaired) electrons. The van der Waals surface area contributed by atoms with Gasteiger partial charge in [-0.15, -0.1) is 0 Å². The molecule has 1 heterocycles. The Morgan fingerprint density at radius 2 is 1.95 bits per heavy atom. The summed E-state index contributed by atoms with van der Waals surface area (Å²) in [6.07, 6.45) is 2.95. The third kappa shape index (κ3) is 3.83. The summed E-state index contributed by atoms with van der Waals surface area (Å²) in [5, 5.41) is 3.08. The number of hydrogen-bond donors (Lipinski definition) is 1. The number of halogens is 1. The molecule has 6 heteroatoms. The largest absolute Gasteiger partial charge is 0.495 e. The van der Waals surface area contributed by atoms with E-state index in [1.165, 1.54) is 20.3 Å². The van der Waals surface area contributed by atoms with Crippen LogP contribution in [-0.4, -0.2) is 20.1 Å². The summed E-state index contributed by atoms with van der Waals surface area (Å²) in [7, 11) is 3.01. The van der Waals surface area contributed by atoms with Crippen LogP contribution in [0.2, 0.25) is 5.02 Å². The fraction of sp³-hybridized carbons (Fsp3) is 0.188. The molecular formula is C16H16ClNO4. The number of carbonyl (C=O) groups is 1. The average Bonchev–Trinajstić information content (AvgIpc) is 2.91. The van der Waals surface area contributed by atoms with Crippen LogP contribution in [0.3, 0.4) is 0 Å². The van der Waals surface area contributed by atoms with E-state index in [9.17, 15) is 4.79 Å². The van der Waals surface area contributed by atoms with Gasteiger partial charge in [0.2, 0.25) is 5.91 Å². The molecule has 0 aliphatic heterocycles. The van der Waals surface area contributed by atoms with E-state index in [0.29, 0.717) is 28.0 Å². The molecule has 116 valence electrons. The van der Waals surface area contributed by atoms with Crippen molar-refractivity contribution in [3.63, 3.8) is 0 Å². The lowest BCUT2D eigenvalue weighted by molar-refractivity contribution is -0.111. The predicted molar refractivity (Wildman–Crippen MR) is 85.7 cm³/mol. The predicted octanol–water partition coefficient (Wildman–Crippen LogP) is 3.91. The zero-order chi connectivity index (χ0) is 16.1. The maximum Gasteiger partial charge on any atom is 0.248 e. The Morgan fingerprint density at radius 3 is 2.55 bits per heavy atom. The van der Waals surface area contributed by atoms with Gasteiger partial charge < -0.3 is 19.2 Å². The normalized spacial score (nSPS) is 10.7. The maximum atomic E-state index is 12.0. The zero-order valence-corrected chi connectivity index (χ0v) is 13.2. The molecule has 5 nitrogen and oxygen atoms in total. The van der Waals surface area contributed by atoms with Crippen LogP contribution in [0.4, 0.5) is 5.69 Å². The second kappa shape index (κ2) is 7.04. The summed E-state index contributed by atoms with van der Waals surface area (Å²) in [5.41, 5.74) is 0.457. The zero-order valence-electron chi connectivity index (χ0n) is 12.5. The van der Waals surface area contributed by atoms with Gasteiger partial charge in [0.15, 0.2) is 0 Å². The van der Waals surface area contributed by atoms with Gasteiger partial charge in [-0.3, -0.25) is 4.79 Å². The van der Waals surface area contributed by atoms with E-state index in [2.05, 4.69) is 5.32 Å². The molecule has 0 saturated carbocycles. The molecule has 0 atom stereocenters. The van der Waals surface area contributed by atoms with Crippen molar-refractivity contribution in [3.05, 3.63) is 46.9 Å². The molecule has 2 aromatic rings. The van der Waals surface area contributed by atoms with Gasteiger partial charge in [-0.1, -0.05) is 11.6 Å². The minimum absolute atomic E-state index is 0.325. The molecule has 0 fully saturated rings. The number of amides is 1. The lowest BCUT2D eigenvalue weighted by Gasteiger charge is -2.12. The van der Waals surface area contributed by atoms with Gasteiger partial charge in [-0.25, -0.2) is 0 Å². The van der Waals surface area contributed by atoms with E-state index in [4.69, 9.17) is 25.5 Å². The van der Waals surface area contributed by atoms with Crippen molar-refractivity contribution in [1.82, 2.24) is 0 Å². The molecule has 0 aliphatic rings. The Bertz CT molecular complexity index is 706. The van der Waals surface area contributed by atoms with Gasteiger partial charge in [-0.2, -0.15) is 0 Å². The third-order valence-electron chi connectivity index (χ3n) is 2.89. The van der Waals surface area contributed by atoms with Crippen LogP contribution in [0, 0.1) is 6.92 Å². The van der Waals surface area contributed by atoms with E-state index in [0.717, 1.165) is 5.76 Å². The van der Waals surface area contributed by atoms with Crippen molar-refractivity contribution in [3.8, 4) is 11.5 Å². The van der Waals surface area contributed by atoms with Crippen molar-refractivity contribution in [2.45, 2.75) is 6.92 Å². The van der Waals surface area contributed by atoms with Crippen LogP contribution in [0.5, 0.6) is 11.5 Å². The Balaban J connectivity index is 2.14. The van der Waals surface area contributed by atoms with Gasteiger partial charge in [0.05, 0.1) is 24.9 Å². The Morgan fingerprint density at radius 1 is 1.23 bits per heavy atom. The Kier molecular flexibility index (Phi) is 5.12. The standard InChI is InChI=1S/C16H16ClNO4/c1-10-4-5-11(22-10)6-7-16(19)18-13-8-12(17)14(20-2)9-15(13)21-3/h4-9H,1-3H3,(H,18,19). The highest BCUT2D eigenvalue weighted by atomic mass is 35.5. The van der Waals surface area contributed by atoms with E-state index < -0.39 is 0 Å². The van der Waals surface area contributed by atoms with Crippen LogP contribution in [0.1, 0.15) is 11.5 Å². The molecule has 0 saturated heterocycles. The number of furan rings is 1. The first kappa shape index (κ1) is 16.0. The number of nitrogens with one attached hydrogen (secondary N) is 1. The van der Waals surface area contributed by atoms with Gasteiger partial charge in [0.25, 0.3) is 0 Å². The fourth-order valence-corrected chi connectivity index (χ4v) is 2.07. The number of hydrogen-bond acceptors (Lipinski definition) is 4. The SMILES string of the molecule is COc1cc(OC)c(NC(=O)C=Cc2ccc(C)o2)cc1Cl. The summed E-state index contributed by atoms with van der Waals surface area (Å²) in [6, 6.07) is 6.79. The van der Waals surface area contributed by atoms with Gasteiger partial charge in [0, 0.05) is 12.1 Å². The van der Waals surface area contributed by atoms with Gasteiger partial charge >= 0.3 is 0 Å². The van der Waals surface area contributed by atoms with Crippen molar-refractivity contribution < 1.29 is 18.7 Å². The topological polar surface area (TPSA) is 60.7 Å². The lowest BCUT2D eigenvalue weighted by atomic mass is 10.2. The number of methoxy groups -OCH3 is 2. The summed E-state index contributed by atoms with van der Waals surface area (Å²) in [5.74, 6) is 1.99. The lowest BCUT2D eigenvalue weighted by Crippen LogP contribution is -2.09. The molecule has 1 aromatic heterocycles. The summed E-state index contributed by atoms with van der Waals surface area (Å²) in [6.45, 7) is 1.83. The van der Waals surface area contributed by atoms with Crippen LogP contribution in [0.25, 0.3) is 6.08 Å². The number of aryl methyl sites for hydroxylation is 1. The molecule has 0 aliphatic carbocycles. The molecule has 1 aromatic carbocycles. The number of rotatable bonds is 5. The summed E-state index contributed by atoms with van der Waals surface area (Å²) >= 11 is 6.05. The second-order valence-corrected chi connectivity index (χ2v) is 4.87. The quantitative estimate of drug-likeness (QED) is 0.848. The van der Waals surface area contributed by atoms with Crippen molar-refractivity contribution in [2.75, 3.05) is 19.5 Å². The second-order valence-electron chi connectivity index (χ2n) is 4.46. The number of carbonyl (C=O) groups excluding carboxylic acids is 1.